The highest BCUT2D eigenvalue weighted by molar-refractivity contribution is 6.15. The van der Waals surface area contributed by atoms with E-state index in [1.54, 1.807) is 43.3 Å². The monoisotopic (exact) mass is 384 g/mol. The number of carbonyl (C=O) groups excluding carboxylic acids is 3. The molecule has 0 spiro atoms. The van der Waals surface area contributed by atoms with Crippen molar-refractivity contribution < 1.29 is 33.4 Å². The Kier molecular flexibility index (Phi) is 5.25. The second-order valence-corrected chi connectivity index (χ2v) is 5.77. The second kappa shape index (κ2) is 7.78. The van der Waals surface area contributed by atoms with Crippen LogP contribution in [0.15, 0.2) is 46.5 Å². The Morgan fingerprint density at radius 3 is 2.54 bits per heavy atom. The molecule has 1 fully saturated rings. The number of aliphatic carboxylic acids is 1. The van der Waals surface area contributed by atoms with Gasteiger partial charge in [0.1, 0.15) is 23.8 Å². The largest absolute Gasteiger partial charge is 0.480 e. The molecule has 1 aliphatic rings. The number of carboxylic acid groups (broad SMARTS) is 1. The van der Waals surface area contributed by atoms with E-state index >= 15 is 0 Å². The number of amides is 3. The molecule has 3 amide bonds. The van der Waals surface area contributed by atoms with Crippen LogP contribution in [-0.2, 0) is 14.3 Å². The van der Waals surface area contributed by atoms with E-state index in [-0.39, 0.29) is 12.3 Å². The first-order valence-corrected chi connectivity index (χ1v) is 8.32. The standard InChI is InChI=1S/C19H16N2O7/c1-2-27-18(25)12-5-3-11(4-6-12)15-8-7-13(28-15)9-14-17(24)21(10-16(22)23)19(26)20-14/h3-9H,2,10H2,1H3,(H,20,26)(H,22,23)/b14-9+. The number of nitrogens with zero attached hydrogens (tertiary/aromatic N) is 1. The van der Waals surface area contributed by atoms with Crippen LogP contribution in [0.3, 0.4) is 0 Å². The Balaban J connectivity index is 1.76. The van der Waals surface area contributed by atoms with E-state index in [1.807, 2.05) is 0 Å². The maximum atomic E-state index is 12.1. The molecule has 0 atom stereocenters. The van der Waals surface area contributed by atoms with Gasteiger partial charge in [-0.3, -0.25) is 9.59 Å². The molecule has 28 heavy (non-hydrogen) atoms. The highest BCUT2D eigenvalue weighted by Crippen LogP contribution is 2.24. The van der Waals surface area contributed by atoms with E-state index in [0.717, 1.165) is 0 Å². The zero-order valence-electron chi connectivity index (χ0n) is 14.8. The van der Waals surface area contributed by atoms with Crippen LogP contribution in [0.2, 0.25) is 0 Å². The summed E-state index contributed by atoms with van der Waals surface area (Å²) in [6.07, 6.45) is 1.32. The number of carboxylic acids is 1. The average Bonchev–Trinajstić information content (AvgIpc) is 3.22. The van der Waals surface area contributed by atoms with Gasteiger partial charge in [0.05, 0.1) is 12.2 Å². The molecule has 9 heteroatoms. The van der Waals surface area contributed by atoms with Crippen LogP contribution in [0.4, 0.5) is 4.79 Å². The maximum absolute atomic E-state index is 12.1. The van der Waals surface area contributed by atoms with Crippen LogP contribution in [0.1, 0.15) is 23.0 Å². The summed E-state index contributed by atoms with van der Waals surface area (Å²) in [5.74, 6) is -1.67. The Bertz CT molecular complexity index is 972. The number of imide groups is 1. The molecule has 1 aromatic heterocycles. The number of urea groups is 1. The summed E-state index contributed by atoms with van der Waals surface area (Å²) in [6, 6.07) is 9.07. The lowest BCUT2D eigenvalue weighted by molar-refractivity contribution is -0.140. The van der Waals surface area contributed by atoms with Gasteiger partial charge in [-0.05, 0) is 31.2 Å². The lowest BCUT2D eigenvalue weighted by Gasteiger charge is -2.06. The van der Waals surface area contributed by atoms with Crippen molar-refractivity contribution in [3.8, 4) is 11.3 Å². The molecule has 0 unspecified atom stereocenters. The number of nitrogens with one attached hydrogen (secondary N) is 1. The van der Waals surface area contributed by atoms with E-state index in [4.69, 9.17) is 14.3 Å². The molecule has 0 bridgehead atoms. The van der Waals surface area contributed by atoms with Crippen molar-refractivity contribution in [1.29, 1.82) is 0 Å². The minimum Gasteiger partial charge on any atom is -0.480 e. The summed E-state index contributed by atoms with van der Waals surface area (Å²) in [5.41, 5.74) is 1.04. The minimum absolute atomic E-state index is 0.0789. The molecule has 2 heterocycles. The van der Waals surface area contributed by atoms with Crippen molar-refractivity contribution in [2.45, 2.75) is 6.92 Å². The number of furan rings is 1. The normalized spacial score (nSPS) is 15.0. The molecule has 1 saturated heterocycles. The van der Waals surface area contributed by atoms with E-state index in [9.17, 15) is 19.2 Å². The highest BCUT2D eigenvalue weighted by atomic mass is 16.5. The lowest BCUT2D eigenvalue weighted by Crippen LogP contribution is -2.35. The Hall–Kier alpha value is -3.88. The van der Waals surface area contributed by atoms with Gasteiger partial charge in [0, 0.05) is 11.6 Å². The van der Waals surface area contributed by atoms with Gasteiger partial charge in [-0.25, -0.2) is 14.5 Å². The zero-order valence-corrected chi connectivity index (χ0v) is 14.8. The highest BCUT2D eigenvalue weighted by Gasteiger charge is 2.35. The lowest BCUT2D eigenvalue weighted by atomic mass is 10.1. The SMILES string of the molecule is CCOC(=O)c1ccc(-c2ccc(/C=C3/NC(=O)N(CC(=O)O)C3=O)o2)cc1. The quantitative estimate of drug-likeness (QED) is 0.444. The molecule has 144 valence electrons. The summed E-state index contributed by atoms with van der Waals surface area (Å²) in [4.78, 5) is 46.8. The number of ether oxygens (including phenoxy) is 1. The van der Waals surface area contributed by atoms with Gasteiger partial charge in [-0.2, -0.15) is 0 Å². The van der Waals surface area contributed by atoms with Crippen molar-refractivity contribution >= 4 is 30.0 Å². The maximum Gasteiger partial charge on any atom is 0.338 e. The number of carbonyl (C=O) groups is 4. The van der Waals surface area contributed by atoms with Gasteiger partial charge < -0.3 is 19.6 Å². The number of benzene rings is 1. The summed E-state index contributed by atoms with van der Waals surface area (Å²) >= 11 is 0. The zero-order chi connectivity index (χ0) is 20.3. The van der Waals surface area contributed by atoms with Crippen molar-refractivity contribution in [2.75, 3.05) is 13.2 Å². The van der Waals surface area contributed by atoms with E-state index in [2.05, 4.69) is 5.32 Å². The number of esters is 1. The average molecular weight is 384 g/mol. The van der Waals surface area contributed by atoms with E-state index in [1.165, 1.54) is 6.08 Å². The molecule has 0 radical (unpaired) electrons. The molecule has 2 N–H and O–H groups in total. The first-order valence-electron chi connectivity index (χ1n) is 8.32. The van der Waals surface area contributed by atoms with Gasteiger partial charge in [0.25, 0.3) is 5.91 Å². The van der Waals surface area contributed by atoms with E-state index in [0.29, 0.717) is 27.5 Å². The van der Waals surface area contributed by atoms with Crippen LogP contribution in [0.25, 0.3) is 17.4 Å². The summed E-state index contributed by atoms with van der Waals surface area (Å²) < 4.78 is 10.6. The van der Waals surface area contributed by atoms with Gasteiger partial charge in [0.15, 0.2) is 0 Å². The van der Waals surface area contributed by atoms with Gasteiger partial charge in [-0.1, -0.05) is 12.1 Å². The topological polar surface area (TPSA) is 126 Å². The van der Waals surface area contributed by atoms with Crippen molar-refractivity contribution in [3.05, 3.63) is 53.4 Å². The molecular weight excluding hydrogens is 368 g/mol. The summed E-state index contributed by atoms with van der Waals surface area (Å²) in [5, 5.41) is 11.1. The fourth-order valence-corrected chi connectivity index (χ4v) is 2.56. The Morgan fingerprint density at radius 2 is 1.89 bits per heavy atom. The van der Waals surface area contributed by atoms with Crippen molar-refractivity contribution in [3.63, 3.8) is 0 Å². The molecule has 9 nitrogen and oxygen atoms in total. The predicted molar refractivity (Wildman–Crippen MR) is 96.0 cm³/mol. The molecular formula is C19H16N2O7. The van der Waals surface area contributed by atoms with Crippen molar-refractivity contribution in [2.24, 2.45) is 0 Å². The van der Waals surface area contributed by atoms with Crippen LogP contribution in [-0.4, -0.2) is 47.0 Å². The van der Waals surface area contributed by atoms with Crippen LogP contribution in [0.5, 0.6) is 0 Å². The Morgan fingerprint density at radius 1 is 1.18 bits per heavy atom. The van der Waals surface area contributed by atoms with Gasteiger partial charge >= 0.3 is 18.0 Å². The second-order valence-electron chi connectivity index (χ2n) is 5.77. The van der Waals surface area contributed by atoms with Crippen molar-refractivity contribution in [1.82, 2.24) is 10.2 Å². The molecule has 0 aliphatic carbocycles. The molecule has 2 aromatic rings. The van der Waals surface area contributed by atoms with Crippen LogP contribution < -0.4 is 5.32 Å². The summed E-state index contributed by atoms with van der Waals surface area (Å²) in [7, 11) is 0. The van der Waals surface area contributed by atoms with Crippen LogP contribution >= 0.6 is 0 Å². The smallest absolute Gasteiger partial charge is 0.338 e. The third-order valence-corrected chi connectivity index (χ3v) is 3.85. The van der Waals surface area contributed by atoms with Gasteiger partial charge in [0.2, 0.25) is 0 Å². The molecule has 0 saturated carbocycles. The third-order valence-electron chi connectivity index (χ3n) is 3.85. The fourth-order valence-electron chi connectivity index (χ4n) is 2.56. The molecule has 3 rings (SSSR count). The predicted octanol–water partition coefficient (Wildman–Crippen LogP) is 2.10. The van der Waals surface area contributed by atoms with E-state index < -0.39 is 30.4 Å². The van der Waals surface area contributed by atoms with Crippen LogP contribution in [0, 0.1) is 0 Å². The number of rotatable bonds is 6. The molecule has 1 aliphatic heterocycles. The number of hydrogen-bond acceptors (Lipinski definition) is 6. The van der Waals surface area contributed by atoms with Gasteiger partial charge in [-0.15, -0.1) is 0 Å². The molecule has 1 aromatic carbocycles. The first-order chi connectivity index (χ1) is 13.4. The third kappa shape index (κ3) is 3.93. The first kappa shape index (κ1) is 18.9. The fraction of sp³-hybridized carbons (Fsp3) is 0.158. The minimum atomic E-state index is -1.30. The number of hydrogen-bond donors (Lipinski definition) is 2. The summed E-state index contributed by atoms with van der Waals surface area (Å²) in [6.45, 7) is 1.29. The Labute approximate surface area is 159 Å².